The molecule has 0 bridgehead atoms. The number of rotatable bonds is 5. The molecule has 0 aromatic heterocycles. The van der Waals surface area contributed by atoms with Crippen molar-refractivity contribution in [3.05, 3.63) is 59.2 Å². The molecule has 1 saturated carbocycles. The number of amides is 1. The van der Waals surface area contributed by atoms with Crippen molar-refractivity contribution in [2.24, 2.45) is 5.92 Å². The summed E-state index contributed by atoms with van der Waals surface area (Å²) < 4.78 is 10.8. The molecule has 0 saturated heterocycles. The second-order valence-electron chi connectivity index (χ2n) is 7.21. The Labute approximate surface area is 154 Å². The molecule has 2 aromatic carbocycles. The van der Waals surface area contributed by atoms with Crippen molar-refractivity contribution in [1.82, 2.24) is 4.90 Å². The minimum Gasteiger partial charge on any atom is -0.493 e. The highest BCUT2D eigenvalue weighted by Crippen LogP contribution is 2.44. The zero-order valence-corrected chi connectivity index (χ0v) is 15.4. The zero-order chi connectivity index (χ0) is 18.1. The van der Waals surface area contributed by atoms with Crippen LogP contribution in [0, 0.1) is 5.92 Å². The van der Waals surface area contributed by atoms with Crippen molar-refractivity contribution in [1.29, 1.82) is 0 Å². The average molecular weight is 351 g/mol. The highest BCUT2D eigenvalue weighted by molar-refractivity contribution is 5.84. The molecule has 26 heavy (non-hydrogen) atoms. The molecule has 1 heterocycles. The van der Waals surface area contributed by atoms with Crippen molar-refractivity contribution < 1.29 is 14.3 Å². The minimum atomic E-state index is -0.00195. The first-order valence-electron chi connectivity index (χ1n) is 9.28. The number of ether oxygens (including phenoxy) is 2. The lowest BCUT2D eigenvalue weighted by Gasteiger charge is -2.32. The predicted molar refractivity (Wildman–Crippen MR) is 101 cm³/mol. The van der Waals surface area contributed by atoms with E-state index in [4.69, 9.17) is 9.47 Å². The van der Waals surface area contributed by atoms with Crippen LogP contribution in [-0.4, -0.2) is 31.6 Å². The number of carbonyl (C=O) groups excluding carboxylic acids is 1. The van der Waals surface area contributed by atoms with Gasteiger partial charge in [-0.15, -0.1) is 0 Å². The summed E-state index contributed by atoms with van der Waals surface area (Å²) in [5, 5.41) is 0. The zero-order valence-electron chi connectivity index (χ0n) is 15.4. The van der Waals surface area contributed by atoms with Crippen LogP contribution in [0.2, 0.25) is 0 Å². The van der Waals surface area contributed by atoms with E-state index >= 15 is 0 Å². The molecule has 0 radical (unpaired) electrons. The van der Waals surface area contributed by atoms with Crippen LogP contribution in [0.4, 0.5) is 0 Å². The average Bonchev–Trinajstić information content (AvgIpc) is 3.52. The standard InChI is InChI=1S/C22H25NO3/c1-25-19-12-17-10-11-23(14-18(17)13-20(19)26-2)22(24)21(16-8-9-16)15-6-4-3-5-7-15/h3-7,12-13,16,21H,8-11,14H2,1-2H3. The third-order valence-corrected chi connectivity index (χ3v) is 5.55. The van der Waals surface area contributed by atoms with E-state index < -0.39 is 0 Å². The first-order chi connectivity index (χ1) is 12.7. The Kier molecular flexibility index (Phi) is 4.58. The van der Waals surface area contributed by atoms with Gasteiger partial charge in [0, 0.05) is 13.1 Å². The van der Waals surface area contributed by atoms with Gasteiger partial charge in [0.15, 0.2) is 11.5 Å². The van der Waals surface area contributed by atoms with Gasteiger partial charge in [-0.25, -0.2) is 0 Å². The van der Waals surface area contributed by atoms with Crippen molar-refractivity contribution in [3.63, 3.8) is 0 Å². The van der Waals surface area contributed by atoms with Crippen LogP contribution in [-0.2, 0) is 17.8 Å². The van der Waals surface area contributed by atoms with Gasteiger partial charge in [-0.1, -0.05) is 30.3 Å². The Hall–Kier alpha value is -2.49. The largest absolute Gasteiger partial charge is 0.493 e. The van der Waals surface area contributed by atoms with E-state index in [2.05, 4.69) is 12.1 Å². The maximum Gasteiger partial charge on any atom is 0.230 e. The predicted octanol–water partition coefficient (Wildman–Crippen LogP) is 3.78. The van der Waals surface area contributed by atoms with Gasteiger partial charge >= 0.3 is 0 Å². The molecule has 4 rings (SSSR count). The van der Waals surface area contributed by atoms with E-state index in [1.807, 2.05) is 35.2 Å². The molecule has 0 N–H and O–H groups in total. The summed E-state index contributed by atoms with van der Waals surface area (Å²) in [7, 11) is 3.30. The van der Waals surface area contributed by atoms with E-state index in [0.29, 0.717) is 12.5 Å². The highest BCUT2D eigenvalue weighted by Gasteiger charge is 2.39. The van der Waals surface area contributed by atoms with Crippen LogP contribution in [0.5, 0.6) is 11.5 Å². The van der Waals surface area contributed by atoms with Crippen LogP contribution in [0.15, 0.2) is 42.5 Å². The summed E-state index contributed by atoms with van der Waals surface area (Å²) >= 11 is 0. The first-order valence-corrected chi connectivity index (χ1v) is 9.28. The lowest BCUT2D eigenvalue weighted by Crippen LogP contribution is -2.39. The lowest BCUT2D eigenvalue weighted by molar-refractivity contribution is -0.134. The van der Waals surface area contributed by atoms with Crippen LogP contribution >= 0.6 is 0 Å². The summed E-state index contributed by atoms with van der Waals surface area (Å²) in [5.74, 6) is 2.24. The molecular weight excluding hydrogens is 326 g/mol. The van der Waals surface area contributed by atoms with Gasteiger partial charge < -0.3 is 14.4 Å². The van der Waals surface area contributed by atoms with Crippen molar-refractivity contribution in [2.75, 3.05) is 20.8 Å². The Morgan fingerprint density at radius 2 is 1.69 bits per heavy atom. The van der Waals surface area contributed by atoms with Gasteiger partial charge in [0.25, 0.3) is 0 Å². The quantitative estimate of drug-likeness (QED) is 0.823. The Bertz CT molecular complexity index is 799. The van der Waals surface area contributed by atoms with Gasteiger partial charge in [-0.05, 0) is 54.0 Å². The molecular formula is C22H25NO3. The molecule has 1 atom stereocenters. The molecule has 1 unspecified atom stereocenters. The Morgan fingerprint density at radius 1 is 1.04 bits per heavy atom. The number of fused-ring (bicyclic) bond motifs is 1. The minimum absolute atomic E-state index is 0.00195. The molecule has 1 aliphatic heterocycles. The number of hydrogen-bond acceptors (Lipinski definition) is 3. The SMILES string of the molecule is COc1cc2c(cc1OC)CN(C(=O)C(c1ccccc1)C1CC1)CC2. The Morgan fingerprint density at radius 3 is 2.31 bits per heavy atom. The van der Waals surface area contributed by atoms with E-state index in [1.165, 1.54) is 5.56 Å². The number of carbonyl (C=O) groups is 1. The number of nitrogens with zero attached hydrogens (tertiary/aromatic N) is 1. The van der Waals surface area contributed by atoms with Crippen LogP contribution in [0.25, 0.3) is 0 Å². The van der Waals surface area contributed by atoms with E-state index in [0.717, 1.165) is 48.4 Å². The molecule has 0 spiro atoms. The van der Waals surface area contributed by atoms with Crippen LogP contribution in [0.3, 0.4) is 0 Å². The van der Waals surface area contributed by atoms with Gasteiger partial charge in [0.05, 0.1) is 20.1 Å². The fraction of sp³-hybridized carbons (Fsp3) is 0.409. The lowest BCUT2D eigenvalue weighted by atomic mass is 9.91. The molecule has 1 fully saturated rings. The number of hydrogen-bond donors (Lipinski definition) is 0. The number of methoxy groups -OCH3 is 2. The van der Waals surface area contributed by atoms with Crippen molar-refractivity contribution in [2.45, 2.75) is 31.7 Å². The van der Waals surface area contributed by atoms with E-state index in [9.17, 15) is 4.79 Å². The first kappa shape index (κ1) is 17.0. The summed E-state index contributed by atoms with van der Waals surface area (Å²) in [6, 6.07) is 14.3. The fourth-order valence-electron chi connectivity index (χ4n) is 3.97. The van der Waals surface area contributed by atoms with Gasteiger partial charge in [0.2, 0.25) is 5.91 Å². The summed E-state index contributed by atoms with van der Waals surface area (Å²) in [4.78, 5) is 15.4. The fourth-order valence-corrected chi connectivity index (χ4v) is 3.97. The van der Waals surface area contributed by atoms with Gasteiger partial charge in [0.1, 0.15) is 0 Å². The summed E-state index contributed by atoms with van der Waals surface area (Å²) in [5.41, 5.74) is 3.55. The molecule has 1 amide bonds. The normalized spacial score (nSPS) is 17.4. The second-order valence-corrected chi connectivity index (χ2v) is 7.21. The number of benzene rings is 2. The highest BCUT2D eigenvalue weighted by atomic mass is 16.5. The third-order valence-electron chi connectivity index (χ3n) is 5.55. The molecule has 4 nitrogen and oxygen atoms in total. The molecule has 2 aromatic rings. The molecule has 2 aliphatic rings. The van der Waals surface area contributed by atoms with Crippen LogP contribution < -0.4 is 9.47 Å². The smallest absolute Gasteiger partial charge is 0.230 e. The van der Waals surface area contributed by atoms with E-state index in [-0.39, 0.29) is 11.8 Å². The van der Waals surface area contributed by atoms with E-state index in [1.54, 1.807) is 14.2 Å². The molecule has 4 heteroatoms. The second kappa shape index (κ2) is 7.02. The summed E-state index contributed by atoms with van der Waals surface area (Å²) in [6.07, 6.45) is 3.16. The maximum atomic E-state index is 13.3. The summed E-state index contributed by atoms with van der Waals surface area (Å²) in [6.45, 7) is 1.40. The topological polar surface area (TPSA) is 38.8 Å². The Balaban J connectivity index is 1.58. The molecule has 136 valence electrons. The maximum absolute atomic E-state index is 13.3. The van der Waals surface area contributed by atoms with Crippen LogP contribution in [0.1, 0.15) is 35.4 Å². The third kappa shape index (κ3) is 3.16. The monoisotopic (exact) mass is 351 g/mol. The van der Waals surface area contributed by atoms with Gasteiger partial charge in [-0.2, -0.15) is 0 Å². The van der Waals surface area contributed by atoms with Crippen molar-refractivity contribution in [3.8, 4) is 11.5 Å². The van der Waals surface area contributed by atoms with Crippen molar-refractivity contribution >= 4 is 5.91 Å². The van der Waals surface area contributed by atoms with Gasteiger partial charge in [-0.3, -0.25) is 4.79 Å². The molecule has 1 aliphatic carbocycles.